The number of aryl methyl sites for hydroxylation is 1. The Morgan fingerprint density at radius 2 is 1.67 bits per heavy atom. The minimum Gasteiger partial charge on any atom is -0.493 e. The van der Waals surface area contributed by atoms with E-state index in [0.717, 1.165) is 5.56 Å². The number of hydrogen-bond donors (Lipinski definition) is 1. The summed E-state index contributed by atoms with van der Waals surface area (Å²) in [6.45, 7) is 1.88. The van der Waals surface area contributed by atoms with E-state index in [9.17, 15) is 4.79 Å². The van der Waals surface area contributed by atoms with Crippen molar-refractivity contribution >= 4 is 27.4 Å². The van der Waals surface area contributed by atoms with Crippen LogP contribution in [-0.4, -0.2) is 20.0 Å². The molecule has 0 amide bonds. The average Bonchev–Trinajstić information content (AvgIpc) is 2.48. The quantitative estimate of drug-likeness (QED) is 0.676. The minimum atomic E-state index is -0.118. The molecule has 2 aromatic carbocycles. The van der Waals surface area contributed by atoms with Crippen LogP contribution in [0.15, 0.2) is 34.8 Å². The molecule has 110 valence electrons. The number of benzene rings is 2. The molecule has 0 saturated carbocycles. The van der Waals surface area contributed by atoms with Crippen LogP contribution in [0, 0.1) is 6.92 Å². The van der Waals surface area contributed by atoms with Crippen molar-refractivity contribution in [2.75, 3.05) is 20.0 Å². The molecule has 2 N–H and O–H groups in total. The second-order valence-electron chi connectivity index (χ2n) is 4.59. The molecule has 4 nitrogen and oxygen atoms in total. The normalized spacial score (nSPS) is 10.3. The van der Waals surface area contributed by atoms with Gasteiger partial charge in [0.2, 0.25) is 0 Å². The van der Waals surface area contributed by atoms with Crippen LogP contribution in [0.4, 0.5) is 5.69 Å². The highest BCUT2D eigenvalue weighted by atomic mass is 79.9. The summed E-state index contributed by atoms with van der Waals surface area (Å²) in [4.78, 5) is 12.7. The van der Waals surface area contributed by atoms with E-state index in [1.807, 2.05) is 13.0 Å². The van der Waals surface area contributed by atoms with Gasteiger partial charge in [-0.25, -0.2) is 0 Å². The molecular weight excluding hydrogens is 334 g/mol. The number of ether oxygens (including phenoxy) is 2. The number of methoxy groups -OCH3 is 2. The van der Waals surface area contributed by atoms with Crippen molar-refractivity contribution < 1.29 is 14.3 Å². The van der Waals surface area contributed by atoms with E-state index in [-0.39, 0.29) is 5.78 Å². The van der Waals surface area contributed by atoms with Crippen molar-refractivity contribution in [1.29, 1.82) is 0 Å². The molecule has 0 bridgehead atoms. The summed E-state index contributed by atoms with van der Waals surface area (Å²) in [5, 5.41) is 0. The van der Waals surface area contributed by atoms with Crippen LogP contribution in [0.2, 0.25) is 0 Å². The molecule has 0 aliphatic heterocycles. The van der Waals surface area contributed by atoms with Crippen molar-refractivity contribution in [3.63, 3.8) is 0 Å². The highest BCUT2D eigenvalue weighted by Gasteiger charge is 2.18. The van der Waals surface area contributed by atoms with E-state index < -0.39 is 0 Å². The van der Waals surface area contributed by atoms with Gasteiger partial charge >= 0.3 is 0 Å². The van der Waals surface area contributed by atoms with E-state index in [1.54, 1.807) is 31.4 Å². The Balaban J connectivity index is 2.55. The number of nitrogen functional groups attached to an aromatic ring is 1. The van der Waals surface area contributed by atoms with Gasteiger partial charge in [0.15, 0.2) is 17.3 Å². The molecule has 0 atom stereocenters. The van der Waals surface area contributed by atoms with Crippen molar-refractivity contribution in [1.82, 2.24) is 0 Å². The molecule has 0 fully saturated rings. The Morgan fingerprint density at radius 3 is 2.29 bits per heavy atom. The molecular formula is C16H16BrNO3. The number of carbonyl (C=O) groups is 1. The predicted octanol–water partition coefficient (Wildman–Crippen LogP) is 3.59. The summed E-state index contributed by atoms with van der Waals surface area (Å²) >= 11 is 3.40. The van der Waals surface area contributed by atoms with E-state index in [4.69, 9.17) is 15.2 Å². The van der Waals surface area contributed by atoms with Crippen LogP contribution in [0.25, 0.3) is 0 Å². The first kappa shape index (κ1) is 15.4. The van der Waals surface area contributed by atoms with Gasteiger partial charge in [0.1, 0.15) is 0 Å². The molecule has 0 aliphatic carbocycles. The van der Waals surface area contributed by atoms with Crippen molar-refractivity contribution in [3.8, 4) is 11.5 Å². The smallest absolute Gasteiger partial charge is 0.194 e. The molecule has 0 aliphatic rings. The largest absolute Gasteiger partial charge is 0.493 e. The lowest BCUT2D eigenvalue weighted by Gasteiger charge is -2.12. The molecule has 5 heteroatoms. The monoisotopic (exact) mass is 349 g/mol. The zero-order valence-corrected chi connectivity index (χ0v) is 13.7. The van der Waals surface area contributed by atoms with Crippen LogP contribution in [-0.2, 0) is 0 Å². The highest BCUT2D eigenvalue weighted by molar-refractivity contribution is 9.10. The van der Waals surface area contributed by atoms with Gasteiger partial charge in [-0.1, -0.05) is 6.07 Å². The fourth-order valence-electron chi connectivity index (χ4n) is 2.06. The number of carbonyl (C=O) groups excluding carboxylic acids is 1. The number of nitrogens with two attached hydrogens (primary N) is 1. The maximum absolute atomic E-state index is 12.7. The molecule has 0 heterocycles. The van der Waals surface area contributed by atoms with Gasteiger partial charge in [-0.2, -0.15) is 0 Å². The SMILES string of the molecule is COc1cc(Br)c(C(=O)c2cc(N)ccc2C)cc1OC. The van der Waals surface area contributed by atoms with E-state index in [0.29, 0.717) is 32.8 Å². The van der Waals surface area contributed by atoms with Crippen LogP contribution < -0.4 is 15.2 Å². The minimum absolute atomic E-state index is 0.118. The Morgan fingerprint density at radius 1 is 1.05 bits per heavy atom. The molecule has 0 spiro atoms. The van der Waals surface area contributed by atoms with Gasteiger partial charge in [-0.05, 0) is 52.7 Å². The fraction of sp³-hybridized carbons (Fsp3) is 0.188. The van der Waals surface area contributed by atoms with Gasteiger partial charge < -0.3 is 15.2 Å². The van der Waals surface area contributed by atoms with E-state index >= 15 is 0 Å². The van der Waals surface area contributed by atoms with Gasteiger partial charge in [0.25, 0.3) is 0 Å². The van der Waals surface area contributed by atoms with Crippen molar-refractivity contribution in [3.05, 3.63) is 51.5 Å². The summed E-state index contributed by atoms with van der Waals surface area (Å²) in [7, 11) is 3.08. The lowest BCUT2D eigenvalue weighted by molar-refractivity contribution is 0.103. The van der Waals surface area contributed by atoms with Crippen molar-refractivity contribution in [2.24, 2.45) is 0 Å². The maximum atomic E-state index is 12.7. The third kappa shape index (κ3) is 3.03. The van der Waals surface area contributed by atoms with Gasteiger partial charge in [-0.3, -0.25) is 4.79 Å². The molecule has 2 rings (SSSR count). The second kappa shape index (κ2) is 6.18. The lowest BCUT2D eigenvalue weighted by atomic mass is 9.98. The standard InChI is InChI=1S/C16H16BrNO3/c1-9-4-5-10(18)6-11(9)16(19)12-7-14(20-2)15(21-3)8-13(12)17/h4-8H,18H2,1-3H3. The number of anilines is 1. The Kier molecular flexibility index (Phi) is 4.53. The van der Waals surface area contributed by atoms with Crippen LogP contribution in [0.3, 0.4) is 0 Å². The van der Waals surface area contributed by atoms with Crippen LogP contribution in [0.1, 0.15) is 21.5 Å². The Labute approximate surface area is 132 Å². The predicted molar refractivity (Wildman–Crippen MR) is 86.3 cm³/mol. The Bertz CT molecular complexity index is 698. The zero-order valence-electron chi connectivity index (χ0n) is 12.1. The highest BCUT2D eigenvalue weighted by Crippen LogP contribution is 2.34. The molecule has 2 aromatic rings. The fourth-order valence-corrected chi connectivity index (χ4v) is 2.56. The second-order valence-corrected chi connectivity index (χ2v) is 5.44. The summed E-state index contributed by atoms with van der Waals surface area (Å²) in [5.41, 5.74) is 8.28. The molecule has 0 aromatic heterocycles. The van der Waals surface area contributed by atoms with Crippen LogP contribution >= 0.6 is 15.9 Å². The first-order valence-electron chi connectivity index (χ1n) is 6.30. The summed E-state index contributed by atoms with van der Waals surface area (Å²) in [5.74, 6) is 0.948. The third-order valence-electron chi connectivity index (χ3n) is 3.22. The summed E-state index contributed by atoms with van der Waals surface area (Å²) in [6.07, 6.45) is 0. The first-order valence-corrected chi connectivity index (χ1v) is 7.09. The summed E-state index contributed by atoms with van der Waals surface area (Å²) < 4.78 is 11.1. The molecule has 0 radical (unpaired) electrons. The zero-order chi connectivity index (χ0) is 15.6. The van der Waals surface area contributed by atoms with Crippen LogP contribution in [0.5, 0.6) is 11.5 Å². The van der Waals surface area contributed by atoms with Gasteiger partial charge in [0, 0.05) is 21.3 Å². The molecule has 21 heavy (non-hydrogen) atoms. The van der Waals surface area contributed by atoms with Gasteiger partial charge in [-0.15, -0.1) is 0 Å². The molecule has 0 unspecified atom stereocenters. The lowest BCUT2D eigenvalue weighted by Crippen LogP contribution is -2.06. The first-order chi connectivity index (χ1) is 9.97. The van der Waals surface area contributed by atoms with Crippen molar-refractivity contribution in [2.45, 2.75) is 6.92 Å². The van der Waals surface area contributed by atoms with E-state index in [2.05, 4.69) is 15.9 Å². The molecule has 0 saturated heterocycles. The maximum Gasteiger partial charge on any atom is 0.194 e. The Hall–Kier alpha value is -2.01. The topological polar surface area (TPSA) is 61.5 Å². The summed E-state index contributed by atoms with van der Waals surface area (Å²) in [6, 6.07) is 8.66. The third-order valence-corrected chi connectivity index (χ3v) is 3.88. The number of halogens is 1. The van der Waals surface area contributed by atoms with Gasteiger partial charge in [0.05, 0.1) is 14.2 Å². The van der Waals surface area contributed by atoms with E-state index in [1.165, 1.54) is 7.11 Å². The average molecular weight is 350 g/mol. The number of ketones is 1. The number of rotatable bonds is 4. The number of hydrogen-bond acceptors (Lipinski definition) is 4.